The van der Waals surface area contributed by atoms with E-state index in [0.29, 0.717) is 27.9 Å². The van der Waals surface area contributed by atoms with E-state index in [1.165, 1.54) is 17.0 Å². The minimum atomic E-state index is -4.49. The fourth-order valence-electron chi connectivity index (χ4n) is 3.82. The third kappa shape index (κ3) is 3.46. The van der Waals surface area contributed by atoms with Crippen LogP contribution in [0.2, 0.25) is 0 Å². The summed E-state index contributed by atoms with van der Waals surface area (Å²) in [4.78, 5) is 19.0. The van der Waals surface area contributed by atoms with Gasteiger partial charge in [-0.15, -0.1) is 0 Å². The van der Waals surface area contributed by atoms with Crippen molar-refractivity contribution in [2.75, 3.05) is 6.54 Å². The number of nitrogens with zero attached hydrogens (tertiary/aromatic N) is 3. The predicted molar refractivity (Wildman–Crippen MR) is 97.1 cm³/mol. The first-order chi connectivity index (χ1) is 13.6. The molecule has 0 radical (unpaired) electrons. The molecule has 1 aliphatic rings. The molecule has 1 aromatic carbocycles. The number of benzene rings is 1. The van der Waals surface area contributed by atoms with Gasteiger partial charge in [0, 0.05) is 12.2 Å². The molecule has 1 saturated heterocycles. The fourth-order valence-corrected chi connectivity index (χ4v) is 3.82. The molecule has 2 atom stereocenters. The van der Waals surface area contributed by atoms with E-state index in [4.69, 9.17) is 4.52 Å². The molecule has 1 fully saturated rings. The summed E-state index contributed by atoms with van der Waals surface area (Å²) < 4.78 is 44.5. The number of hydrogen-bond donors (Lipinski definition) is 1. The Balaban J connectivity index is 1.76. The zero-order chi connectivity index (χ0) is 20.9. The molecule has 0 saturated carbocycles. The summed E-state index contributed by atoms with van der Waals surface area (Å²) in [6.45, 7) is 3.41. The molecule has 3 aromatic rings. The number of halogens is 3. The Morgan fingerprint density at radius 3 is 2.76 bits per heavy atom. The molecule has 1 amide bonds. The monoisotopic (exact) mass is 405 g/mol. The molecule has 4 rings (SSSR count). The number of alkyl halides is 3. The van der Waals surface area contributed by atoms with E-state index >= 15 is 0 Å². The van der Waals surface area contributed by atoms with Crippen molar-refractivity contribution in [3.8, 4) is 0 Å². The van der Waals surface area contributed by atoms with Crippen molar-refractivity contribution >= 4 is 17.0 Å². The highest BCUT2D eigenvalue weighted by molar-refractivity contribution is 6.06. The fraction of sp³-hybridized carbons (Fsp3) is 0.350. The van der Waals surface area contributed by atoms with E-state index in [1.807, 2.05) is 0 Å². The highest BCUT2D eigenvalue weighted by atomic mass is 19.4. The van der Waals surface area contributed by atoms with Crippen LogP contribution in [-0.2, 0) is 6.18 Å². The van der Waals surface area contributed by atoms with Crippen LogP contribution in [0.4, 0.5) is 13.2 Å². The number of hydrogen-bond acceptors (Lipinski definition) is 5. The second kappa shape index (κ2) is 6.84. The molecule has 1 N–H and O–H groups in total. The Hall–Kier alpha value is -2.94. The van der Waals surface area contributed by atoms with E-state index in [1.54, 1.807) is 19.9 Å². The first-order valence-corrected chi connectivity index (χ1v) is 9.05. The number of rotatable bonds is 2. The van der Waals surface area contributed by atoms with Crippen LogP contribution in [0.3, 0.4) is 0 Å². The van der Waals surface area contributed by atoms with Crippen LogP contribution in [0.5, 0.6) is 0 Å². The van der Waals surface area contributed by atoms with Gasteiger partial charge in [0.25, 0.3) is 11.6 Å². The lowest BCUT2D eigenvalue weighted by molar-refractivity contribution is -0.137. The van der Waals surface area contributed by atoms with Crippen LogP contribution in [0.15, 0.2) is 34.9 Å². The lowest BCUT2D eigenvalue weighted by atomic mass is 10.00. The Morgan fingerprint density at radius 2 is 2.03 bits per heavy atom. The number of fused-ring (bicyclic) bond motifs is 1. The minimum absolute atomic E-state index is 0.0208. The smallest absolute Gasteiger partial charge is 0.391 e. The van der Waals surface area contributed by atoms with Gasteiger partial charge >= 0.3 is 6.18 Å². The Labute approximate surface area is 163 Å². The second-order valence-electron chi connectivity index (χ2n) is 7.25. The molecule has 0 unspecified atom stereocenters. The van der Waals surface area contributed by atoms with Gasteiger partial charge in [-0.25, -0.2) is 4.98 Å². The van der Waals surface area contributed by atoms with Gasteiger partial charge in [-0.05, 0) is 44.0 Å². The van der Waals surface area contributed by atoms with Crippen LogP contribution >= 0.6 is 0 Å². The zero-order valence-electron chi connectivity index (χ0n) is 15.7. The maximum Gasteiger partial charge on any atom is 0.416 e. The van der Waals surface area contributed by atoms with Crippen molar-refractivity contribution in [3.05, 3.63) is 58.4 Å². The van der Waals surface area contributed by atoms with Crippen LogP contribution < -0.4 is 0 Å². The Kier molecular flexibility index (Phi) is 4.57. The third-order valence-corrected chi connectivity index (χ3v) is 5.11. The van der Waals surface area contributed by atoms with Crippen molar-refractivity contribution in [3.63, 3.8) is 0 Å². The summed E-state index contributed by atoms with van der Waals surface area (Å²) in [5.41, 5.74) is 1.10. The second-order valence-corrected chi connectivity index (χ2v) is 7.25. The van der Waals surface area contributed by atoms with Gasteiger partial charge in [0.15, 0.2) is 0 Å². The predicted octanol–water partition coefficient (Wildman–Crippen LogP) is 3.81. The molecular weight excluding hydrogens is 387 g/mol. The molecule has 9 heteroatoms. The average molecular weight is 405 g/mol. The van der Waals surface area contributed by atoms with Crippen molar-refractivity contribution in [2.45, 2.75) is 38.6 Å². The van der Waals surface area contributed by atoms with Crippen LogP contribution in [-0.4, -0.2) is 38.7 Å². The summed E-state index contributed by atoms with van der Waals surface area (Å²) in [6, 6.07) is 5.78. The molecule has 152 valence electrons. The lowest BCUT2D eigenvalue weighted by Gasteiger charge is -2.25. The molecule has 0 spiro atoms. The highest BCUT2D eigenvalue weighted by Crippen LogP contribution is 2.37. The van der Waals surface area contributed by atoms with Crippen molar-refractivity contribution in [2.24, 2.45) is 0 Å². The maximum absolute atomic E-state index is 13.4. The van der Waals surface area contributed by atoms with Crippen molar-refractivity contribution < 1.29 is 27.6 Å². The number of aromatic nitrogens is 2. The summed E-state index contributed by atoms with van der Waals surface area (Å²) in [7, 11) is 0. The number of carbonyl (C=O) groups is 1. The number of aliphatic hydroxyl groups excluding tert-OH is 1. The van der Waals surface area contributed by atoms with E-state index in [9.17, 15) is 23.1 Å². The van der Waals surface area contributed by atoms with Gasteiger partial charge in [0.2, 0.25) is 0 Å². The molecule has 0 bridgehead atoms. The summed E-state index contributed by atoms with van der Waals surface area (Å²) in [5.74, 6) is -0.411. The summed E-state index contributed by atoms with van der Waals surface area (Å²) >= 11 is 0. The first-order valence-electron chi connectivity index (χ1n) is 9.05. The molecule has 29 heavy (non-hydrogen) atoms. The standard InChI is InChI=1S/C20H18F3N3O3/c1-10-6-15(17-11(2)25-29-18(17)24-10)19(28)26-9-14(27)8-16(26)12-4-3-5-13(7-12)20(21,22)23/h3-7,14,16,27H,8-9H2,1-2H3/t14-,16+/m1/s1. The Bertz CT molecular complexity index is 1090. The van der Waals surface area contributed by atoms with E-state index in [-0.39, 0.29) is 18.7 Å². The normalized spacial score (nSPS) is 19.9. The molecule has 1 aliphatic heterocycles. The topological polar surface area (TPSA) is 79.5 Å². The number of carbonyl (C=O) groups excluding carboxylic acids is 1. The molecule has 2 aromatic heterocycles. The van der Waals surface area contributed by atoms with Crippen LogP contribution in [0.1, 0.15) is 45.3 Å². The van der Waals surface area contributed by atoms with Gasteiger partial charge in [0.1, 0.15) is 0 Å². The molecular formula is C20H18F3N3O3. The number of amides is 1. The maximum atomic E-state index is 13.4. The van der Waals surface area contributed by atoms with Crippen LogP contribution in [0, 0.1) is 13.8 Å². The largest absolute Gasteiger partial charge is 0.416 e. The SMILES string of the molecule is Cc1cc(C(=O)N2C[C@H](O)C[C@H]2c2cccc(C(F)(F)F)c2)c2c(C)noc2n1. The average Bonchev–Trinajstić information content (AvgIpc) is 3.23. The Morgan fingerprint density at radius 1 is 1.28 bits per heavy atom. The zero-order valence-corrected chi connectivity index (χ0v) is 15.7. The van der Waals surface area contributed by atoms with Gasteiger partial charge < -0.3 is 14.5 Å². The van der Waals surface area contributed by atoms with Gasteiger partial charge in [-0.2, -0.15) is 13.2 Å². The quantitative estimate of drug-likeness (QED) is 0.702. The number of pyridine rings is 1. The third-order valence-electron chi connectivity index (χ3n) is 5.11. The number of aliphatic hydroxyl groups is 1. The number of β-amino-alcohol motifs (C(OH)–C–C–N with tert-alkyl or cyclic N) is 1. The van der Waals surface area contributed by atoms with Crippen molar-refractivity contribution in [1.29, 1.82) is 0 Å². The minimum Gasteiger partial charge on any atom is -0.391 e. The summed E-state index contributed by atoms with van der Waals surface area (Å²) in [5, 5.41) is 14.5. The first kappa shape index (κ1) is 19.4. The van der Waals surface area contributed by atoms with E-state index in [2.05, 4.69) is 10.1 Å². The molecule has 3 heterocycles. The number of aryl methyl sites for hydroxylation is 2. The van der Waals surface area contributed by atoms with Gasteiger partial charge in [0.05, 0.1) is 34.4 Å². The van der Waals surface area contributed by atoms with Crippen molar-refractivity contribution in [1.82, 2.24) is 15.0 Å². The molecule has 0 aliphatic carbocycles. The van der Waals surface area contributed by atoms with E-state index < -0.39 is 29.8 Å². The summed E-state index contributed by atoms with van der Waals surface area (Å²) in [6.07, 6.45) is -5.17. The van der Waals surface area contributed by atoms with E-state index in [0.717, 1.165) is 12.1 Å². The van der Waals surface area contributed by atoms with Crippen LogP contribution in [0.25, 0.3) is 11.1 Å². The highest BCUT2D eigenvalue weighted by Gasteiger charge is 2.38. The lowest BCUT2D eigenvalue weighted by Crippen LogP contribution is -2.32. The molecule has 6 nitrogen and oxygen atoms in total. The van der Waals surface area contributed by atoms with Gasteiger partial charge in [-0.3, -0.25) is 4.79 Å². The number of likely N-dealkylation sites (tertiary alicyclic amines) is 1. The van der Waals surface area contributed by atoms with Gasteiger partial charge in [-0.1, -0.05) is 17.3 Å².